The van der Waals surface area contributed by atoms with Crippen LogP contribution in [0.5, 0.6) is 0 Å². The number of hydrogen-bond donors (Lipinski definition) is 1. The van der Waals surface area contributed by atoms with Gasteiger partial charge in [-0.25, -0.2) is 0 Å². The summed E-state index contributed by atoms with van der Waals surface area (Å²) >= 11 is 0. The first-order valence-electron chi connectivity index (χ1n) is 6.78. The van der Waals surface area contributed by atoms with Crippen molar-refractivity contribution in [1.29, 1.82) is 5.26 Å². The van der Waals surface area contributed by atoms with Crippen LogP contribution in [0.3, 0.4) is 0 Å². The standard InChI is InChI=1S/C16H20N2O2/c1-10(19)9-18-14(8-17)13-7-11(16(2,3)4)5-6-12(13)15(18)20/h5-7,10,14,19H,9H2,1-4H3. The second kappa shape index (κ2) is 4.92. The maximum absolute atomic E-state index is 12.3. The zero-order valence-corrected chi connectivity index (χ0v) is 12.3. The second-order valence-electron chi connectivity index (χ2n) is 6.39. The van der Waals surface area contributed by atoms with Crippen LogP contribution < -0.4 is 0 Å². The molecule has 1 aliphatic rings. The first kappa shape index (κ1) is 14.5. The van der Waals surface area contributed by atoms with Crippen LogP contribution >= 0.6 is 0 Å². The topological polar surface area (TPSA) is 64.3 Å². The summed E-state index contributed by atoms with van der Waals surface area (Å²) in [4.78, 5) is 13.8. The highest BCUT2D eigenvalue weighted by Crippen LogP contribution is 2.36. The summed E-state index contributed by atoms with van der Waals surface area (Å²) in [6, 6.07) is 7.26. The molecule has 0 saturated heterocycles. The molecule has 1 heterocycles. The molecule has 1 aliphatic heterocycles. The molecule has 0 bridgehead atoms. The number of hydrogen-bond acceptors (Lipinski definition) is 3. The highest BCUT2D eigenvalue weighted by molar-refractivity contribution is 5.99. The van der Waals surface area contributed by atoms with Gasteiger partial charge in [0.1, 0.15) is 6.04 Å². The third-order valence-electron chi connectivity index (χ3n) is 3.60. The van der Waals surface area contributed by atoms with Crippen molar-refractivity contribution in [1.82, 2.24) is 4.90 Å². The van der Waals surface area contributed by atoms with E-state index in [2.05, 4.69) is 26.8 Å². The van der Waals surface area contributed by atoms with Crippen LogP contribution in [0.15, 0.2) is 18.2 Å². The average molecular weight is 272 g/mol. The summed E-state index contributed by atoms with van der Waals surface area (Å²) in [6.07, 6.45) is -0.647. The Morgan fingerprint density at radius 1 is 1.45 bits per heavy atom. The maximum atomic E-state index is 12.3. The molecule has 0 radical (unpaired) electrons. The van der Waals surface area contributed by atoms with Gasteiger partial charge in [0.15, 0.2) is 0 Å². The molecule has 1 aromatic rings. The Kier molecular flexibility index (Phi) is 3.58. The van der Waals surface area contributed by atoms with E-state index in [1.807, 2.05) is 12.1 Å². The van der Waals surface area contributed by atoms with Crippen LogP contribution in [0.2, 0.25) is 0 Å². The minimum absolute atomic E-state index is 0.0320. The smallest absolute Gasteiger partial charge is 0.255 e. The average Bonchev–Trinajstić information content (AvgIpc) is 2.60. The summed E-state index contributed by atoms with van der Waals surface area (Å²) in [5.74, 6) is -0.173. The van der Waals surface area contributed by atoms with Crippen LogP contribution in [0.1, 0.15) is 55.2 Å². The van der Waals surface area contributed by atoms with Crippen molar-refractivity contribution < 1.29 is 9.90 Å². The summed E-state index contributed by atoms with van der Waals surface area (Å²) < 4.78 is 0. The summed E-state index contributed by atoms with van der Waals surface area (Å²) in [5, 5.41) is 18.9. The molecule has 4 heteroatoms. The lowest BCUT2D eigenvalue weighted by molar-refractivity contribution is 0.0641. The number of carbonyl (C=O) groups excluding carboxylic acids is 1. The minimum atomic E-state index is -0.647. The number of β-amino-alcohol motifs (C(OH)–C–C–N with tert-alkyl or cyclic N) is 1. The first-order chi connectivity index (χ1) is 9.25. The van der Waals surface area contributed by atoms with Crippen LogP contribution in [0.25, 0.3) is 0 Å². The number of nitrogens with zero attached hydrogens (tertiary/aromatic N) is 2. The van der Waals surface area contributed by atoms with E-state index < -0.39 is 12.1 Å². The summed E-state index contributed by atoms with van der Waals surface area (Å²) in [7, 11) is 0. The Labute approximate surface area is 119 Å². The lowest BCUT2D eigenvalue weighted by atomic mass is 9.85. The molecule has 1 N–H and O–H groups in total. The highest BCUT2D eigenvalue weighted by Gasteiger charge is 2.37. The minimum Gasteiger partial charge on any atom is -0.392 e. The largest absolute Gasteiger partial charge is 0.392 e. The third kappa shape index (κ3) is 2.41. The molecule has 1 aromatic carbocycles. The molecule has 2 unspecified atom stereocenters. The van der Waals surface area contributed by atoms with E-state index in [1.54, 1.807) is 13.0 Å². The molecule has 4 nitrogen and oxygen atoms in total. The van der Waals surface area contributed by atoms with Gasteiger partial charge in [0.25, 0.3) is 5.91 Å². The SMILES string of the molecule is CC(O)CN1C(=O)c2ccc(C(C)(C)C)cc2C1C#N. The highest BCUT2D eigenvalue weighted by atomic mass is 16.3. The van der Waals surface area contributed by atoms with Crippen LogP contribution in [0.4, 0.5) is 0 Å². The lowest BCUT2D eigenvalue weighted by Crippen LogP contribution is -2.33. The number of nitriles is 1. The van der Waals surface area contributed by atoms with Crippen molar-refractivity contribution in [2.24, 2.45) is 0 Å². The van der Waals surface area contributed by atoms with Crippen LogP contribution in [0, 0.1) is 11.3 Å². The van der Waals surface area contributed by atoms with Gasteiger partial charge in [-0.1, -0.05) is 32.9 Å². The fraction of sp³-hybridized carbons (Fsp3) is 0.500. The van der Waals surface area contributed by atoms with Crippen LogP contribution in [-0.2, 0) is 5.41 Å². The molecule has 0 aliphatic carbocycles. The van der Waals surface area contributed by atoms with Gasteiger partial charge >= 0.3 is 0 Å². The lowest BCUT2D eigenvalue weighted by Gasteiger charge is -2.22. The number of carbonyl (C=O) groups is 1. The number of aliphatic hydroxyl groups is 1. The van der Waals surface area contributed by atoms with Crippen molar-refractivity contribution in [3.8, 4) is 6.07 Å². The van der Waals surface area contributed by atoms with Gasteiger partial charge in [-0.3, -0.25) is 4.79 Å². The molecule has 0 fully saturated rings. The Balaban J connectivity index is 2.48. The van der Waals surface area contributed by atoms with Crippen molar-refractivity contribution >= 4 is 5.91 Å². The predicted octanol–water partition coefficient (Wildman–Crippen LogP) is 2.39. The van der Waals surface area contributed by atoms with Gasteiger partial charge < -0.3 is 10.0 Å². The number of fused-ring (bicyclic) bond motifs is 1. The zero-order chi connectivity index (χ0) is 15.1. The third-order valence-corrected chi connectivity index (χ3v) is 3.60. The van der Waals surface area contributed by atoms with E-state index in [1.165, 1.54) is 4.90 Å². The van der Waals surface area contributed by atoms with Crippen LogP contribution in [-0.4, -0.2) is 28.6 Å². The molecule has 20 heavy (non-hydrogen) atoms. The molecule has 0 spiro atoms. The first-order valence-corrected chi connectivity index (χ1v) is 6.78. The molecular formula is C16H20N2O2. The quantitative estimate of drug-likeness (QED) is 0.899. The molecule has 2 atom stereocenters. The summed E-state index contributed by atoms with van der Waals surface area (Å²) in [6.45, 7) is 8.09. The molecular weight excluding hydrogens is 252 g/mol. The maximum Gasteiger partial charge on any atom is 0.255 e. The number of rotatable bonds is 2. The van der Waals surface area contributed by atoms with E-state index >= 15 is 0 Å². The number of benzene rings is 1. The van der Waals surface area contributed by atoms with Crippen molar-refractivity contribution in [3.63, 3.8) is 0 Å². The summed E-state index contributed by atoms with van der Waals surface area (Å²) in [5.41, 5.74) is 2.40. The molecule has 2 rings (SSSR count). The number of aliphatic hydroxyl groups excluding tert-OH is 1. The monoisotopic (exact) mass is 272 g/mol. The van der Waals surface area contributed by atoms with E-state index in [0.717, 1.165) is 11.1 Å². The fourth-order valence-corrected chi connectivity index (χ4v) is 2.50. The van der Waals surface area contributed by atoms with E-state index in [0.29, 0.717) is 5.56 Å². The van der Waals surface area contributed by atoms with Crippen molar-refractivity contribution in [2.75, 3.05) is 6.54 Å². The van der Waals surface area contributed by atoms with Crippen molar-refractivity contribution in [3.05, 3.63) is 34.9 Å². The Hall–Kier alpha value is -1.86. The second-order valence-corrected chi connectivity index (χ2v) is 6.39. The predicted molar refractivity (Wildman–Crippen MR) is 76.2 cm³/mol. The van der Waals surface area contributed by atoms with Gasteiger partial charge in [0.2, 0.25) is 0 Å². The molecule has 0 saturated carbocycles. The van der Waals surface area contributed by atoms with E-state index in [9.17, 15) is 15.2 Å². The fourth-order valence-electron chi connectivity index (χ4n) is 2.50. The number of amides is 1. The zero-order valence-electron chi connectivity index (χ0n) is 12.3. The van der Waals surface area contributed by atoms with E-state index in [4.69, 9.17) is 0 Å². The molecule has 106 valence electrons. The van der Waals surface area contributed by atoms with Gasteiger partial charge in [-0.2, -0.15) is 5.26 Å². The van der Waals surface area contributed by atoms with E-state index in [-0.39, 0.29) is 17.9 Å². The Bertz CT molecular complexity index is 579. The van der Waals surface area contributed by atoms with Crippen molar-refractivity contribution in [2.45, 2.75) is 45.3 Å². The van der Waals surface area contributed by atoms with Gasteiger partial charge in [0.05, 0.1) is 12.2 Å². The molecule has 0 aromatic heterocycles. The van der Waals surface area contributed by atoms with Gasteiger partial charge in [0, 0.05) is 17.7 Å². The van der Waals surface area contributed by atoms with Gasteiger partial charge in [-0.05, 0) is 24.0 Å². The Morgan fingerprint density at radius 3 is 2.60 bits per heavy atom. The van der Waals surface area contributed by atoms with Gasteiger partial charge in [-0.15, -0.1) is 0 Å². The normalized spacial score (nSPS) is 19.7. The Morgan fingerprint density at radius 2 is 2.10 bits per heavy atom. The molecule has 1 amide bonds.